The second kappa shape index (κ2) is 7.11. The predicted molar refractivity (Wildman–Crippen MR) is 90.2 cm³/mol. The summed E-state index contributed by atoms with van der Waals surface area (Å²) in [6.07, 6.45) is 1.03. The lowest BCUT2D eigenvalue weighted by molar-refractivity contribution is 0.578. The Bertz CT molecular complexity index is 534. The highest BCUT2D eigenvalue weighted by molar-refractivity contribution is 7.16. The van der Waals surface area contributed by atoms with E-state index in [-0.39, 0.29) is 0 Å². The van der Waals surface area contributed by atoms with Crippen LogP contribution >= 0.6 is 22.9 Å². The number of nitrogens with one attached hydrogen (secondary N) is 1. The first-order valence-corrected chi connectivity index (χ1v) is 8.00. The standard InChI is InChI=1S/C16H21ClN2S/c1-12(13-4-6-14(7-5-13)19(2)3)18-11-10-15-8-9-16(17)20-15/h4-9,12,18H,10-11H2,1-3H3. The zero-order valence-corrected chi connectivity index (χ0v) is 13.8. The van der Waals surface area contributed by atoms with Crippen LogP contribution < -0.4 is 10.2 Å². The molecule has 1 heterocycles. The van der Waals surface area contributed by atoms with Crippen molar-refractivity contribution in [1.82, 2.24) is 5.32 Å². The van der Waals surface area contributed by atoms with Crippen molar-refractivity contribution >= 4 is 28.6 Å². The molecule has 1 unspecified atom stereocenters. The van der Waals surface area contributed by atoms with Gasteiger partial charge in [-0.05, 0) is 43.2 Å². The minimum Gasteiger partial charge on any atom is -0.378 e. The van der Waals surface area contributed by atoms with Crippen molar-refractivity contribution in [2.75, 3.05) is 25.5 Å². The van der Waals surface area contributed by atoms with Crippen molar-refractivity contribution in [2.45, 2.75) is 19.4 Å². The van der Waals surface area contributed by atoms with Crippen molar-refractivity contribution in [3.8, 4) is 0 Å². The number of nitrogens with zero attached hydrogens (tertiary/aromatic N) is 1. The molecule has 0 bridgehead atoms. The van der Waals surface area contributed by atoms with E-state index < -0.39 is 0 Å². The largest absolute Gasteiger partial charge is 0.378 e. The molecular weight excluding hydrogens is 288 g/mol. The van der Waals surface area contributed by atoms with Crippen LogP contribution in [0.25, 0.3) is 0 Å². The first-order chi connectivity index (χ1) is 9.56. The van der Waals surface area contributed by atoms with Gasteiger partial charge in [0.05, 0.1) is 4.34 Å². The van der Waals surface area contributed by atoms with Crippen molar-refractivity contribution in [1.29, 1.82) is 0 Å². The Hall–Kier alpha value is -1.03. The highest BCUT2D eigenvalue weighted by Crippen LogP contribution is 2.22. The smallest absolute Gasteiger partial charge is 0.0931 e. The van der Waals surface area contributed by atoms with Gasteiger partial charge in [0.1, 0.15) is 0 Å². The second-order valence-corrected chi connectivity index (χ2v) is 6.92. The summed E-state index contributed by atoms with van der Waals surface area (Å²) in [6.45, 7) is 3.17. The fourth-order valence-electron chi connectivity index (χ4n) is 2.08. The molecule has 1 atom stereocenters. The fourth-order valence-corrected chi connectivity index (χ4v) is 3.16. The van der Waals surface area contributed by atoms with Gasteiger partial charge in [0.25, 0.3) is 0 Å². The Morgan fingerprint density at radius 2 is 1.85 bits per heavy atom. The molecule has 0 aliphatic heterocycles. The third-order valence-electron chi connectivity index (χ3n) is 3.36. The number of hydrogen-bond donors (Lipinski definition) is 1. The van der Waals surface area contributed by atoms with Crippen LogP contribution in [0.5, 0.6) is 0 Å². The van der Waals surface area contributed by atoms with Crippen LogP contribution in [-0.4, -0.2) is 20.6 Å². The Morgan fingerprint density at radius 1 is 1.15 bits per heavy atom. The zero-order valence-electron chi connectivity index (χ0n) is 12.2. The van der Waals surface area contributed by atoms with Crippen LogP contribution in [0.1, 0.15) is 23.4 Å². The van der Waals surface area contributed by atoms with Gasteiger partial charge in [0, 0.05) is 37.2 Å². The average Bonchev–Trinajstić information content (AvgIpc) is 2.84. The molecule has 0 saturated carbocycles. The number of halogens is 1. The molecule has 0 amide bonds. The molecule has 2 aromatic rings. The van der Waals surface area contributed by atoms with E-state index in [1.54, 1.807) is 11.3 Å². The van der Waals surface area contributed by atoms with Gasteiger partial charge in [0.15, 0.2) is 0 Å². The monoisotopic (exact) mass is 308 g/mol. The highest BCUT2D eigenvalue weighted by atomic mass is 35.5. The molecule has 4 heteroatoms. The summed E-state index contributed by atoms with van der Waals surface area (Å²) in [6, 6.07) is 13.1. The quantitative estimate of drug-likeness (QED) is 0.853. The maximum absolute atomic E-state index is 5.93. The molecule has 20 heavy (non-hydrogen) atoms. The summed E-state index contributed by atoms with van der Waals surface area (Å²) in [5.74, 6) is 0. The molecular formula is C16H21ClN2S. The average molecular weight is 309 g/mol. The lowest BCUT2D eigenvalue weighted by Crippen LogP contribution is -2.21. The molecule has 1 N–H and O–H groups in total. The Labute approximate surface area is 130 Å². The van der Waals surface area contributed by atoms with Gasteiger partial charge in [-0.2, -0.15) is 0 Å². The van der Waals surface area contributed by atoms with E-state index in [9.17, 15) is 0 Å². The SMILES string of the molecule is CC(NCCc1ccc(Cl)s1)c1ccc(N(C)C)cc1. The minimum absolute atomic E-state index is 0.363. The van der Waals surface area contributed by atoms with Gasteiger partial charge >= 0.3 is 0 Å². The van der Waals surface area contributed by atoms with Gasteiger partial charge in [-0.15, -0.1) is 11.3 Å². The van der Waals surface area contributed by atoms with Gasteiger partial charge in [-0.25, -0.2) is 0 Å². The van der Waals surface area contributed by atoms with Gasteiger partial charge in [0.2, 0.25) is 0 Å². The molecule has 0 aliphatic rings. The topological polar surface area (TPSA) is 15.3 Å². The van der Waals surface area contributed by atoms with Crippen molar-refractivity contribution in [2.24, 2.45) is 0 Å². The van der Waals surface area contributed by atoms with Gasteiger partial charge < -0.3 is 10.2 Å². The molecule has 1 aromatic carbocycles. The van der Waals surface area contributed by atoms with Crippen LogP contribution in [-0.2, 0) is 6.42 Å². The summed E-state index contributed by atoms with van der Waals surface area (Å²) in [5.41, 5.74) is 2.55. The lowest BCUT2D eigenvalue weighted by Gasteiger charge is -2.17. The number of rotatable bonds is 6. The second-order valence-electron chi connectivity index (χ2n) is 5.12. The van der Waals surface area contributed by atoms with Crippen molar-refractivity contribution < 1.29 is 0 Å². The summed E-state index contributed by atoms with van der Waals surface area (Å²) in [5, 5.41) is 3.56. The van der Waals surface area contributed by atoms with Crippen LogP contribution in [0.3, 0.4) is 0 Å². The molecule has 1 aromatic heterocycles. The number of thiophene rings is 1. The molecule has 0 fully saturated rings. The van der Waals surface area contributed by atoms with E-state index >= 15 is 0 Å². The molecule has 0 radical (unpaired) electrons. The fraction of sp³-hybridized carbons (Fsp3) is 0.375. The van der Waals surface area contributed by atoms with Crippen molar-refractivity contribution in [3.05, 3.63) is 51.2 Å². The molecule has 0 spiro atoms. The predicted octanol–water partition coefficient (Wildman–Crippen LogP) is 4.36. The Balaban J connectivity index is 1.83. The third kappa shape index (κ3) is 4.23. The first kappa shape index (κ1) is 15.4. The third-order valence-corrected chi connectivity index (χ3v) is 4.65. The summed E-state index contributed by atoms with van der Waals surface area (Å²) < 4.78 is 0.868. The number of anilines is 1. The normalized spacial score (nSPS) is 12.4. The van der Waals surface area contributed by atoms with E-state index in [1.165, 1.54) is 16.1 Å². The first-order valence-electron chi connectivity index (χ1n) is 6.81. The zero-order chi connectivity index (χ0) is 14.5. The Kier molecular flexibility index (Phi) is 5.46. The van der Waals surface area contributed by atoms with E-state index in [0.29, 0.717) is 6.04 Å². The van der Waals surface area contributed by atoms with Crippen LogP contribution in [0.4, 0.5) is 5.69 Å². The van der Waals surface area contributed by atoms with E-state index in [1.807, 2.05) is 6.07 Å². The van der Waals surface area contributed by atoms with Crippen LogP contribution in [0, 0.1) is 0 Å². The maximum atomic E-state index is 5.93. The van der Waals surface area contributed by atoms with Gasteiger partial charge in [-0.1, -0.05) is 23.7 Å². The summed E-state index contributed by atoms with van der Waals surface area (Å²) >= 11 is 7.59. The van der Waals surface area contributed by atoms with E-state index in [2.05, 4.69) is 61.6 Å². The van der Waals surface area contributed by atoms with Gasteiger partial charge in [-0.3, -0.25) is 0 Å². The highest BCUT2D eigenvalue weighted by Gasteiger charge is 2.05. The number of hydrogen-bond acceptors (Lipinski definition) is 3. The Morgan fingerprint density at radius 3 is 2.40 bits per heavy atom. The molecule has 108 valence electrons. The summed E-state index contributed by atoms with van der Waals surface area (Å²) in [7, 11) is 4.12. The van der Waals surface area contributed by atoms with E-state index in [0.717, 1.165) is 17.3 Å². The molecule has 2 nitrogen and oxygen atoms in total. The number of benzene rings is 1. The molecule has 0 aliphatic carbocycles. The van der Waals surface area contributed by atoms with Crippen molar-refractivity contribution in [3.63, 3.8) is 0 Å². The molecule has 2 rings (SSSR count). The minimum atomic E-state index is 0.363. The van der Waals surface area contributed by atoms with Crippen LogP contribution in [0.15, 0.2) is 36.4 Å². The van der Waals surface area contributed by atoms with E-state index in [4.69, 9.17) is 11.6 Å². The summed E-state index contributed by atoms with van der Waals surface area (Å²) in [4.78, 5) is 3.44. The maximum Gasteiger partial charge on any atom is 0.0931 e. The molecule has 0 saturated heterocycles. The van der Waals surface area contributed by atoms with Crippen LogP contribution in [0.2, 0.25) is 4.34 Å². The lowest BCUT2D eigenvalue weighted by atomic mass is 10.1.